The number of amides is 1. The SMILES string of the molecule is COC(=O)c1cccc(Nc2ccnc(C(=O)Nc3cccc4cccnc34)c2)c1. The molecule has 2 aromatic heterocycles. The van der Waals surface area contributed by atoms with E-state index in [0.29, 0.717) is 28.1 Å². The van der Waals surface area contributed by atoms with Crippen molar-refractivity contribution in [2.75, 3.05) is 17.7 Å². The van der Waals surface area contributed by atoms with Gasteiger partial charge in [0.05, 0.1) is 23.9 Å². The molecule has 1 amide bonds. The molecular weight excluding hydrogens is 380 g/mol. The predicted octanol–water partition coefficient (Wildman–Crippen LogP) is 4.41. The van der Waals surface area contributed by atoms with Gasteiger partial charge in [0.25, 0.3) is 5.91 Å². The molecule has 30 heavy (non-hydrogen) atoms. The van der Waals surface area contributed by atoms with Crippen LogP contribution >= 0.6 is 0 Å². The average Bonchev–Trinajstić information content (AvgIpc) is 2.79. The lowest BCUT2D eigenvalue weighted by atomic mass is 10.2. The Morgan fingerprint density at radius 2 is 1.67 bits per heavy atom. The van der Waals surface area contributed by atoms with Crippen LogP contribution < -0.4 is 10.6 Å². The number of carbonyl (C=O) groups is 2. The molecule has 0 aliphatic carbocycles. The first kappa shape index (κ1) is 19.1. The van der Waals surface area contributed by atoms with Gasteiger partial charge in [-0.1, -0.05) is 24.3 Å². The maximum atomic E-state index is 12.8. The van der Waals surface area contributed by atoms with Crippen LogP contribution in [0.3, 0.4) is 0 Å². The topological polar surface area (TPSA) is 93.2 Å². The lowest BCUT2D eigenvalue weighted by Crippen LogP contribution is -2.14. The van der Waals surface area contributed by atoms with E-state index < -0.39 is 5.97 Å². The van der Waals surface area contributed by atoms with Crippen molar-refractivity contribution in [3.8, 4) is 0 Å². The number of pyridine rings is 2. The van der Waals surface area contributed by atoms with Gasteiger partial charge in [-0.15, -0.1) is 0 Å². The van der Waals surface area contributed by atoms with Gasteiger partial charge in [0.15, 0.2) is 0 Å². The quantitative estimate of drug-likeness (QED) is 0.484. The molecule has 0 aliphatic rings. The second-order valence-corrected chi connectivity index (χ2v) is 6.46. The van der Waals surface area contributed by atoms with E-state index in [1.54, 1.807) is 48.8 Å². The van der Waals surface area contributed by atoms with Crippen LogP contribution in [0.25, 0.3) is 10.9 Å². The molecule has 7 nitrogen and oxygen atoms in total. The van der Waals surface area contributed by atoms with Crippen molar-refractivity contribution in [2.45, 2.75) is 0 Å². The van der Waals surface area contributed by atoms with Gasteiger partial charge in [0.1, 0.15) is 5.69 Å². The van der Waals surface area contributed by atoms with Crippen molar-refractivity contribution >= 4 is 39.8 Å². The Bertz CT molecular complexity index is 1230. The summed E-state index contributed by atoms with van der Waals surface area (Å²) in [4.78, 5) is 33.0. The van der Waals surface area contributed by atoms with Crippen LogP contribution in [-0.2, 0) is 4.74 Å². The number of rotatable bonds is 5. The van der Waals surface area contributed by atoms with Gasteiger partial charge in [-0.25, -0.2) is 4.79 Å². The van der Waals surface area contributed by atoms with Gasteiger partial charge in [-0.2, -0.15) is 0 Å². The monoisotopic (exact) mass is 398 g/mol. The summed E-state index contributed by atoms with van der Waals surface area (Å²) in [5.74, 6) is -0.766. The molecule has 4 aromatic rings. The number of fused-ring (bicyclic) bond motifs is 1. The molecule has 0 atom stereocenters. The van der Waals surface area contributed by atoms with Gasteiger partial charge in [0.2, 0.25) is 0 Å². The Morgan fingerprint density at radius 1 is 0.867 bits per heavy atom. The second-order valence-electron chi connectivity index (χ2n) is 6.46. The van der Waals surface area contributed by atoms with Crippen molar-refractivity contribution in [1.82, 2.24) is 9.97 Å². The fourth-order valence-electron chi connectivity index (χ4n) is 3.03. The molecule has 2 N–H and O–H groups in total. The summed E-state index contributed by atoms with van der Waals surface area (Å²) >= 11 is 0. The van der Waals surface area contributed by atoms with Crippen LogP contribution in [-0.4, -0.2) is 29.0 Å². The Kier molecular flexibility index (Phi) is 5.34. The normalized spacial score (nSPS) is 10.4. The van der Waals surface area contributed by atoms with Crippen LogP contribution in [0.4, 0.5) is 17.1 Å². The summed E-state index contributed by atoms with van der Waals surface area (Å²) < 4.78 is 4.74. The van der Waals surface area contributed by atoms with Crippen LogP contribution in [0.1, 0.15) is 20.8 Å². The maximum Gasteiger partial charge on any atom is 0.337 e. The third-order valence-corrected chi connectivity index (χ3v) is 4.45. The van der Waals surface area contributed by atoms with E-state index in [9.17, 15) is 9.59 Å². The van der Waals surface area contributed by atoms with E-state index in [1.165, 1.54) is 7.11 Å². The van der Waals surface area contributed by atoms with E-state index in [4.69, 9.17) is 4.74 Å². The summed E-state index contributed by atoms with van der Waals surface area (Å²) in [5.41, 5.74) is 3.35. The Morgan fingerprint density at radius 3 is 2.53 bits per heavy atom. The summed E-state index contributed by atoms with van der Waals surface area (Å²) in [7, 11) is 1.33. The molecule has 2 aromatic carbocycles. The van der Waals surface area contributed by atoms with E-state index in [0.717, 1.165) is 5.39 Å². The molecule has 0 saturated heterocycles. The molecule has 0 fully saturated rings. The number of ether oxygens (including phenoxy) is 1. The van der Waals surface area contributed by atoms with E-state index in [1.807, 2.05) is 30.3 Å². The Hall–Kier alpha value is -4.26. The minimum Gasteiger partial charge on any atom is -0.465 e. The summed E-state index contributed by atoms with van der Waals surface area (Å²) in [6, 6.07) is 19.7. The van der Waals surface area contributed by atoms with Gasteiger partial charge in [-0.05, 0) is 42.5 Å². The first-order valence-corrected chi connectivity index (χ1v) is 9.20. The highest BCUT2D eigenvalue weighted by atomic mass is 16.5. The smallest absolute Gasteiger partial charge is 0.337 e. The number of esters is 1. The molecular formula is C23H18N4O3. The van der Waals surface area contributed by atoms with Crippen molar-refractivity contribution in [1.29, 1.82) is 0 Å². The number of anilines is 3. The highest BCUT2D eigenvalue weighted by molar-refractivity contribution is 6.07. The molecule has 0 unspecified atom stereocenters. The Labute approximate surface area is 172 Å². The number of nitrogens with zero attached hydrogens (tertiary/aromatic N) is 2. The first-order chi connectivity index (χ1) is 14.6. The lowest BCUT2D eigenvalue weighted by Gasteiger charge is -2.10. The number of hydrogen-bond donors (Lipinski definition) is 2. The third-order valence-electron chi connectivity index (χ3n) is 4.45. The maximum absolute atomic E-state index is 12.8. The van der Waals surface area contributed by atoms with Crippen molar-refractivity contribution in [2.24, 2.45) is 0 Å². The van der Waals surface area contributed by atoms with E-state index in [-0.39, 0.29) is 11.6 Å². The van der Waals surface area contributed by atoms with E-state index in [2.05, 4.69) is 20.6 Å². The number of benzene rings is 2. The van der Waals surface area contributed by atoms with Crippen molar-refractivity contribution in [3.05, 3.63) is 90.4 Å². The molecule has 148 valence electrons. The van der Waals surface area contributed by atoms with Crippen LogP contribution in [0.15, 0.2) is 79.1 Å². The fourth-order valence-corrected chi connectivity index (χ4v) is 3.03. The number of hydrogen-bond acceptors (Lipinski definition) is 6. The summed E-state index contributed by atoms with van der Waals surface area (Å²) in [6.45, 7) is 0. The number of para-hydroxylation sites is 1. The standard InChI is InChI=1S/C23H18N4O3/c1-30-23(29)16-6-2-8-17(13-16)26-18-10-12-24-20(14-18)22(28)27-19-9-3-5-15-7-4-11-25-21(15)19/h2-14H,1H3,(H,24,26)(H,27,28). The highest BCUT2D eigenvalue weighted by Crippen LogP contribution is 2.22. The first-order valence-electron chi connectivity index (χ1n) is 9.20. The second kappa shape index (κ2) is 8.40. The van der Waals surface area contributed by atoms with Gasteiger partial charge < -0.3 is 15.4 Å². The summed E-state index contributed by atoms with van der Waals surface area (Å²) in [6.07, 6.45) is 3.23. The third kappa shape index (κ3) is 4.10. The minimum atomic E-state index is -0.419. The molecule has 7 heteroatoms. The van der Waals surface area contributed by atoms with Gasteiger partial charge >= 0.3 is 5.97 Å². The molecule has 0 aliphatic heterocycles. The zero-order valence-corrected chi connectivity index (χ0v) is 16.1. The molecule has 4 rings (SSSR count). The zero-order chi connectivity index (χ0) is 20.9. The summed E-state index contributed by atoms with van der Waals surface area (Å²) in [5, 5.41) is 6.98. The van der Waals surface area contributed by atoms with Crippen LogP contribution in [0.2, 0.25) is 0 Å². The molecule has 2 heterocycles. The number of carbonyl (C=O) groups excluding carboxylic acids is 2. The zero-order valence-electron chi connectivity index (χ0n) is 16.1. The van der Waals surface area contributed by atoms with Gasteiger partial charge in [0, 0.05) is 29.2 Å². The highest BCUT2D eigenvalue weighted by Gasteiger charge is 2.12. The predicted molar refractivity (Wildman–Crippen MR) is 115 cm³/mol. The fraction of sp³-hybridized carbons (Fsp3) is 0.0435. The van der Waals surface area contributed by atoms with E-state index >= 15 is 0 Å². The van der Waals surface area contributed by atoms with Crippen LogP contribution in [0.5, 0.6) is 0 Å². The van der Waals surface area contributed by atoms with Crippen LogP contribution in [0, 0.1) is 0 Å². The number of nitrogens with one attached hydrogen (secondary N) is 2. The van der Waals surface area contributed by atoms with Gasteiger partial charge in [-0.3, -0.25) is 14.8 Å². The minimum absolute atomic E-state index is 0.247. The number of aromatic nitrogens is 2. The molecule has 0 radical (unpaired) electrons. The lowest BCUT2D eigenvalue weighted by molar-refractivity contribution is 0.0600. The molecule has 0 saturated carbocycles. The molecule has 0 spiro atoms. The largest absolute Gasteiger partial charge is 0.465 e. The van der Waals surface area contributed by atoms with Crippen molar-refractivity contribution in [3.63, 3.8) is 0 Å². The molecule has 0 bridgehead atoms. The average molecular weight is 398 g/mol. The Balaban J connectivity index is 1.54. The number of methoxy groups -OCH3 is 1. The van der Waals surface area contributed by atoms with Crippen molar-refractivity contribution < 1.29 is 14.3 Å².